The summed E-state index contributed by atoms with van der Waals surface area (Å²) in [5.41, 5.74) is 1.27. The first-order chi connectivity index (χ1) is 8.70. The first-order valence-electron chi connectivity index (χ1n) is 5.59. The summed E-state index contributed by atoms with van der Waals surface area (Å²) in [6.07, 6.45) is 0.832. The number of hydrogen-bond donors (Lipinski definition) is 0. The summed E-state index contributed by atoms with van der Waals surface area (Å²) in [5.74, 6) is 0.349. The average molecular weight is 277 g/mol. The maximum Gasteiger partial charge on any atom is 0.213 e. The zero-order valence-corrected chi connectivity index (χ0v) is 11.6. The standard InChI is InChI=1S/C12H11N3OS2/c1-7(2)11-14-15-8(6-16)10(13-12(15)18-11)9-4-3-5-17-9/h3-7H,1-2H3. The summed E-state index contributed by atoms with van der Waals surface area (Å²) in [6.45, 7) is 4.16. The van der Waals surface area contributed by atoms with Gasteiger partial charge in [-0.2, -0.15) is 9.61 Å². The predicted octanol–water partition coefficient (Wildman–Crippen LogP) is 3.46. The van der Waals surface area contributed by atoms with Crippen molar-refractivity contribution in [1.29, 1.82) is 0 Å². The van der Waals surface area contributed by atoms with Gasteiger partial charge in [-0.3, -0.25) is 4.79 Å². The van der Waals surface area contributed by atoms with Crippen molar-refractivity contribution >= 4 is 33.9 Å². The summed E-state index contributed by atoms with van der Waals surface area (Å²) in [5, 5.41) is 7.43. The van der Waals surface area contributed by atoms with Gasteiger partial charge in [0.05, 0.1) is 4.88 Å². The van der Waals surface area contributed by atoms with Gasteiger partial charge in [0, 0.05) is 5.92 Å². The number of aromatic nitrogens is 3. The van der Waals surface area contributed by atoms with Crippen LogP contribution in [0.1, 0.15) is 35.3 Å². The van der Waals surface area contributed by atoms with Gasteiger partial charge >= 0.3 is 0 Å². The Morgan fingerprint density at radius 3 is 2.89 bits per heavy atom. The van der Waals surface area contributed by atoms with Gasteiger partial charge in [0.2, 0.25) is 4.96 Å². The minimum Gasteiger partial charge on any atom is -0.296 e. The number of imidazole rings is 1. The Morgan fingerprint density at radius 1 is 1.44 bits per heavy atom. The van der Waals surface area contributed by atoms with Crippen LogP contribution in [0.25, 0.3) is 15.5 Å². The Kier molecular flexibility index (Phi) is 2.76. The molecule has 0 bridgehead atoms. The lowest BCUT2D eigenvalue weighted by atomic mass is 10.2. The van der Waals surface area contributed by atoms with Gasteiger partial charge in [-0.15, -0.1) is 11.3 Å². The van der Waals surface area contributed by atoms with Crippen molar-refractivity contribution in [3.8, 4) is 10.6 Å². The molecule has 3 aromatic heterocycles. The molecule has 0 radical (unpaired) electrons. The van der Waals surface area contributed by atoms with Crippen molar-refractivity contribution in [3.05, 3.63) is 28.2 Å². The number of fused-ring (bicyclic) bond motifs is 1. The number of carbonyl (C=O) groups is 1. The quantitative estimate of drug-likeness (QED) is 0.689. The van der Waals surface area contributed by atoms with Crippen LogP contribution in [0.3, 0.4) is 0 Å². The third-order valence-corrected chi connectivity index (χ3v) is 4.70. The molecular weight excluding hydrogens is 266 g/mol. The highest BCUT2D eigenvalue weighted by Gasteiger charge is 2.18. The van der Waals surface area contributed by atoms with Crippen molar-refractivity contribution in [1.82, 2.24) is 14.6 Å². The van der Waals surface area contributed by atoms with E-state index in [1.807, 2.05) is 17.5 Å². The molecular formula is C12H11N3OS2. The fourth-order valence-electron chi connectivity index (χ4n) is 1.71. The minimum atomic E-state index is 0.349. The Hall–Kier alpha value is -1.53. The topological polar surface area (TPSA) is 47.3 Å². The number of rotatable bonds is 3. The van der Waals surface area contributed by atoms with Crippen molar-refractivity contribution in [2.75, 3.05) is 0 Å². The van der Waals surface area contributed by atoms with E-state index >= 15 is 0 Å². The van der Waals surface area contributed by atoms with Crippen molar-refractivity contribution < 1.29 is 4.79 Å². The molecule has 0 aliphatic carbocycles. The minimum absolute atomic E-state index is 0.349. The second-order valence-electron chi connectivity index (χ2n) is 4.23. The smallest absolute Gasteiger partial charge is 0.213 e. The molecule has 0 aromatic carbocycles. The molecule has 6 heteroatoms. The molecule has 3 rings (SSSR count). The molecule has 0 spiro atoms. The van der Waals surface area contributed by atoms with Crippen molar-refractivity contribution in [3.63, 3.8) is 0 Å². The van der Waals surface area contributed by atoms with E-state index in [0.29, 0.717) is 11.6 Å². The molecule has 0 fully saturated rings. The largest absolute Gasteiger partial charge is 0.296 e. The number of nitrogens with zero attached hydrogens (tertiary/aromatic N) is 3. The molecule has 0 saturated carbocycles. The lowest BCUT2D eigenvalue weighted by molar-refractivity contribution is 0.111. The molecule has 0 aliphatic heterocycles. The van der Waals surface area contributed by atoms with Crippen LogP contribution in [0.15, 0.2) is 17.5 Å². The van der Waals surface area contributed by atoms with Crippen LogP contribution in [-0.2, 0) is 0 Å². The number of aldehydes is 1. The highest BCUT2D eigenvalue weighted by Crippen LogP contribution is 2.30. The first-order valence-corrected chi connectivity index (χ1v) is 7.29. The first kappa shape index (κ1) is 11.6. The lowest BCUT2D eigenvalue weighted by Crippen LogP contribution is -1.95. The van der Waals surface area contributed by atoms with Gasteiger partial charge in [-0.1, -0.05) is 31.3 Å². The predicted molar refractivity (Wildman–Crippen MR) is 73.7 cm³/mol. The Bertz CT molecular complexity index is 694. The van der Waals surface area contributed by atoms with E-state index < -0.39 is 0 Å². The second kappa shape index (κ2) is 4.29. The van der Waals surface area contributed by atoms with Gasteiger partial charge in [-0.25, -0.2) is 4.98 Å². The van der Waals surface area contributed by atoms with E-state index in [2.05, 4.69) is 23.9 Å². The summed E-state index contributed by atoms with van der Waals surface area (Å²) in [7, 11) is 0. The van der Waals surface area contributed by atoms with Gasteiger partial charge < -0.3 is 0 Å². The Morgan fingerprint density at radius 2 is 2.28 bits per heavy atom. The molecule has 3 heterocycles. The molecule has 92 valence electrons. The molecule has 0 aliphatic rings. The number of thiophene rings is 1. The zero-order chi connectivity index (χ0) is 12.7. The van der Waals surface area contributed by atoms with Crippen LogP contribution in [0.4, 0.5) is 0 Å². The lowest BCUT2D eigenvalue weighted by Gasteiger charge is -1.96. The fourth-order valence-corrected chi connectivity index (χ4v) is 3.34. The van der Waals surface area contributed by atoms with Crippen LogP contribution in [0.2, 0.25) is 0 Å². The molecule has 0 atom stereocenters. The monoisotopic (exact) mass is 277 g/mol. The van der Waals surface area contributed by atoms with Crippen molar-refractivity contribution in [2.45, 2.75) is 19.8 Å². The van der Waals surface area contributed by atoms with E-state index in [1.54, 1.807) is 15.9 Å². The number of carbonyl (C=O) groups excluding carboxylic acids is 1. The number of hydrogen-bond acceptors (Lipinski definition) is 5. The van der Waals surface area contributed by atoms with Gasteiger partial charge in [0.25, 0.3) is 0 Å². The van der Waals surface area contributed by atoms with Gasteiger partial charge in [0.1, 0.15) is 16.4 Å². The fraction of sp³-hybridized carbons (Fsp3) is 0.250. The van der Waals surface area contributed by atoms with Crippen LogP contribution < -0.4 is 0 Å². The molecule has 3 aromatic rings. The van der Waals surface area contributed by atoms with Crippen molar-refractivity contribution in [2.24, 2.45) is 0 Å². The van der Waals surface area contributed by atoms with E-state index in [1.165, 1.54) is 11.3 Å². The third-order valence-electron chi connectivity index (χ3n) is 2.61. The second-order valence-corrected chi connectivity index (χ2v) is 6.17. The molecule has 0 amide bonds. The molecule has 0 unspecified atom stereocenters. The summed E-state index contributed by atoms with van der Waals surface area (Å²) in [6, 6.07) is 3.92. The van der Waals surface area contributed by atoms with E-state index in [9.17, 15) is 4.79 Å². The summed E-state index contributed by atoms with van der Waals surface area (Å²) < 4.78 is 1.65. The molecule has 0 saturated heterocycles. The van der Waals surface area contributed by atoms with Crippen LogP contribution in [0.5, 0.6) is 0 Å². The summed E-state index contributed by atoms with van der Waals surface area (Å²) in [4.78, 5) is 17.6. The van der Waals surface area contributed by atoms with Crippen LogP contribution in [-0.4, -0.2) is 20.9 Å². The van der Waals surface area contributed by atoms with Crippen LogP contribution >= 0.6 is 22.7 Å². The third kappa shape index (κ3) is 1.69. The zero-order valence-electron chi connectivity index (χ0n) is 9.95. The molecule has 18 heavy (non-hydrogen) atoms. The van der Waals surface area contributed by atoms with Crippen LogP contribution in [0, 0.1) is 0 Å². The SMILES string of the molecule is CC(C)c1nn2c(C=O)c(-c3cccs3)nc2s1. The average Bonchev–Trinajstić information content (AvgIpc) is 3.03. The highest BCUT2D eigenvalue weighted by atomic mass is 32.1. The maximum absolute atomic E-state index is 11.3. The Labute approximate surface area is 112 Å². The van der Waals surface area contributed by atoms with E-state index in [-0.39, 0.29) is 0 Å². The van der Waals surface area contributed by atoms with E-state index in [4.69, 9.17) is 0 Å². The van der Waals surface area contributed by atoms with E-state index in [0.717, 1.165) is 26.8 Å². The van der Waals surface area contributed by atoms with Gasteiger partial charge in [0.15, 0.2) is 6.29 Å². The van der Waals surface area contributed by atoms with Gasteiger partial charge in [-0.05, 0) is 11.4 Å². The highest BCUT2D eigenvalue weighted by molar-refractivity contribution is 7.17. The molecule has 4 nitrogen and oxygen atoms in total. The molecule has 0 N–H and O–H groups in total. The maximum atomic E-state index is 11.3. The normalized spacial score (nSPS) is 11.5. The Balaban J connectivity index is 2.23. The summed E-state index contributed by atoms with van der Waals surface area (Å²) >= 11 is 3.12.